The van der Waals surface area contributed by atoms with Gasteiger partial charge in [-0.2, -0.15) is 10.2 Å². The average molecular weight is 476 g/mol. The molecule has 35 heavy (non-hydrogen) atoms. The molecule has 3 N–H and O–H groups in total. The van der Waals surface area contributed by atoms with Crippen LogP contribution in [0.4, 0.5) is 17.5 Å². The summed E-state index contributed by atoms with van der Waals surface area (Å²) in [7, 11) is 5.54. The summed E-state index contributed by atoms with van der Waals surface area (Å²) < 4.78 is 9.76. The van der Waals surface area contributed by atoms with Gasteiger partial charge in [-0.3, -0.25) is 9.36 Å². The first-order chi connectivity index (χ1) is 17.1. The van der Waals surface area contributed by atoms with Gasteiger partial charge >= 0.3 is 0 Å². The van der Waals surface area contributed by atoms with Gasteiger partial charge in [-0.05, 0) is 37.8 Å². The van der Waals surface area contributed by atoms with Crippen molar-refractivity contribution in [2.24, 2.45) is 14.1 Å². The quantitative estimate of drug-likeness (QED) is 0.326. The van der Waals surface area contributed by atoms with Crippen LogP contribution in [0.2, 0.25) is 0 Å². The van der Waals surface area contributed by atoms with Crippen LogP contribution in [0.15, 0.2) is 30.5 Å². The normalized spacial score (nSPS) is 13.4. The Labute approximate surface area is 205 Å². The molecule has 1 saturated carbocycles. The topological polar surface area (TPSA) is 119 Å². The highest BCUT2D eigenvalue weighted by molar-refractivity contribution is 5.89. The molecule has 1 fully saturated rings. The van der Waals surface area contributed by atoms with Crippen molar-refractivity contribution < 1.29 is 4.74 Å². The van der Waals surface area contributed by atoms with E-state index in [1.807, 2.05) is 52.2 Å². The molecule has 0 aromatic carbocycles. The highest BCUT2D eigenvalue weighted by Gasteiger charge is 2.20. The zero-order valence-electron chi connectivity index (χ0n) is 21.0. The first-order valence-electron chi connectivity index (χ1n) is 12.1. The third-order valence-corrected chi connectivity index (χ3v) is 5.98. The second-order valence-corrected chi connectivity index (χ2v) is 8.23. The SMILES string of the molecule is CC.CNc1nc(Nc2cc(-c3ccc4cnn(C)c4n3)nn2C)cc(OC2CCCC2)c1C=N. The monoisotopic (exact) mass is 475 g/mol. The third kappa shape index (κ3) is 4.96. The standard InChI is InChI=1S/C23H27N9O.C2H6/c1-25-22-16(12-24)19(33-15-6-4-5-7-15)11-20(29-22)28-21-10-18(30-31(21)2)17-9-8-14-13-26-32(3)23(14)27-17;1-2/h8-13,15,24H,4-7H2,1-3H3,(H2,25,28,29);1-2H3. The van der Waals surface area contributed by atoms with Gasteiger partial charge in [-0.15, -0.1) is 0 Å². The number of ether oxygens (including phenoxy) is 1. The van der Waals surface area contributed by atoms with E-state index in [4.69, 9.17) is 15.1 Å². The summed E-state index contributed by atoms with van der Waals surface area (Å²) in [6.07, 6.45) is 7.69. The molecule has 0 aliphatic heterocycles. The number of pyridine rings is 2. The van der Waals surface area contributed by atoms with E-state index in [-0.39, 0.29) is 6.10 Å². The summed E-state index contributed by atoms with van der Waals surface area (Å²) in [6.45, 7) is 4.00. The molecular weight excluding hydrogens is 442 g/mol. The maximum absolute atomic E-state index is 7.86. The number of hydrogen-bond acceptors (Lipinski definition) is 8. The molecule has 0 amide bonds. The van der Waals surface area contributed by atoms with Crippen molar-refractivity contribution >= 4 is 34.7 Å². The van der Waals surface area contributed by atoms with Crippen molar-refractivity contribution in [3.63, 3.8) is 0 Å². The van der Waals surface area contributed by atoms with Crippen LogP contribution in [-0.2, 0) is 14.1 Å². The van der Waals surface area contributed by atoms with Crippen molar-refractivity contribution in [1.82, 2.24) is 29.5 Å². The van der Waals surface area contributed by atoms with Crippen molar-refractivity contribution in [1.29, 1.82) is 5.41 Å². The lowest BCUT2D eigenvalue weighted by Gasteiger charge is -2.18. The molecule has 4 heterocycles. The maximum Gasteiger partial charge on any atom is 0.158 e. The van der Waals surface area contributed by atoms with Crippen LogP contribution < -0.4 is 15.4 Å². The number of aryl methyl sites for hydroxylation is 2. The summed E-state index contributed by atoms with van der Waals surface area (Å²) in [5.74, 6) is 2.63. The molecule has 0 atom stereocenters. The lowest BCUT2D eigenvalue weighted by atomic mass is 10.2. The van der Waals surface area contributed by atoms with Crippen LogP contribution in [-0.4, -0.2) is 48.9 Å². The zero-order valence-corrected chi connectivity index (χ0v) is 21.0. The Balaban J connectivity index is 0.00000141. The Bertz CT molecular complexity index is 1320. The molecule has 10 heteroatoms. The smallest absolute Gasteiger partial charge is 0.158 e. The predicted octanol–water partition coefficient (Wildman–Crippen LogP) is 4.89. The number of nitrogens with one attached hydrogen (secondary N) is 3. The fourth-order valence-electron chi connectivity index (χ4n) is 4.21. The summed E-state index contributed by atoms with van der Waals surface area (Å²) in [4.78, 5) is 9.35. The van der Waals surface area contributed by atoms with Crippen LogP contribution in [0.1, 0.15) is 45.1 Å². The van der Waals surface area contributed by atoms with Gasteiger partial charge in [0.1, 0.15) is 28.9 Å². The number of hydrogen-bond donors (Lipinski definition) is 3. The molecule has 0 bridgehead atoms. The van der Waals surface area contributed by atoms with Gasteiger partial charge in [0.15, 0.2) is 5.65 Å². The molecule has 4 aromatic rings. The molecule has 4 aromatic heterocycles. The van der Waals surface area contributed by atoms with E-state index >= 15 is 0 Å². The molecule has 0 spiro atoms. The fraction of sp³-hybridized carbons (Fsp3) is 0.400. The van der Waals surface area contributed by atoms with Gasteiger partial charge in [0.05, 0.1) is 23.6 Å². The lowest BCUT2D eigenvalue weighted by molar-refractivity contribution is 0.210. The van der Waals surface area contributed by atoms with E-state index in [1.54, 1.807) is 22.6 Å². The highest BCUT2D eigenvalue weighted by atomic mass is 16.5. The molecule has 0 radical (unpaired) electrons. The molecule has 5 rings (SSSR count). The number of nitrogens with zero attached hydrogens (tertiary/aromatic N) is 6. The Morgan fingerprint density at radius 3 is 2.54 bits per heavy atom. The van der Waals surface area contributed by atoms with Gasteiger partial charge in [0, 0.05) is 44.9 Å². The Hall–Kier alpha value is -3.95. The predicted molar refractivity (Wildman–Crippen MR) is 140 cm³/mol. The maximum atomic E-state index is 7.86. The van der Waals surface area contributed by atoms with Crippen LogP contribution in [0.25, 0.3) is 22.4 Å². The van der Waals surface area contributed by atoms with Gasteiger partial charge in [-0.25, -0.2) is 9.97 Å². The van der Waals surface area contributed by atoms with E-state index in [0.717, 1.165) is 41.1 Å². The molecular formula is C25H33N9O. The van der Waals surface area contributed by atoms with E-state index in [9.17, 15) is 0 Å². The lowest BCUT2D eigenvalue weighted by Crippen LogP contribution is -2.14. The number of fused-ring (bicyclic) bond motifs is 1. The first kappa shape index (κ1) is 24.2. The van der Waals surface area contributed by atoms with Crippen molar-refractivity contribution in [2.45, 2.75) is 45.6 Å². The summed E-state index contributed by atoms with van der Waals surface area (Å²) >= 11 is 0. The van der Waals surface area contributed by atoms with E-state index in [0.29, 0.717) is 22.9 Å². The second-order valence-electron chi connectivity index (χ2n) is 8.23. The van der Waals surface area contributed by atoms with E-state index in [1.165, 1.54) is 19.1 Å². The van der Waals surface area contributed by atoms with Crippen LogP contribution in [0.5, 0.6) is 5.75 Å². The fourth-order valence-corrected chi connectivity index (χ4v) is 4.21. The number of anilines is 3. The average Bonchev–Trinajstić information content (AvgIpc) is 3.61. The van der Waals surface area contributed by atoms with Gasteiger partial charge < -0.3 is 20.8 Å². The molecule has 184 valence electrons. The van der Waals surface area contributed by atoms with Crippen LogP contribution in [0, 0.1) is 5.41 Å². The van der Waals surface area contributed by atoms with E-state index in [2.05, 4.69) is 25.8 Å². The molecule has 10 nitrogen and oxygen atoms in total. The van der Waals surface area contributed by atoms with Gasteiger partial charge in [0.2, 0.25) is 0 Å². The van der Waals surface area contributed by atoms with Crippen molar-refractivity contribution in [3.8, 4) is 17.1 Å². The first-order valence-corrected chi connectivity index (χ1v) is 12.1. The highest BCUT2D eigenvalue weighted by Crippen LogP contribution is 2.32. The minimum Gasteiger partial charge on any atom is -0.489 e. The van der Waals surface area contributed by atoms with Crippen molar-refractivity contribution in [2.75, 3.05) is 17.7 Å². The molecule has 1 aliphatic rings. The minimum absolute atomic E-state index is 0.181. The van der Waals surface area contributed by atoms with Crippen molar-refractivity contribution in [3.05, 3.63) is 36.0 Å². The third-order valence-electron chi connectivity index (χ3n) is 5.98. The van der Waals surface area contributed by atoms with Crippen LogP contribution >= 0.6 is 0 Å². The summed E-state index contributed by atoms with van der Waals surface area (Å²) in [5.41, 5.74) is 2.97. The molecule has 1 aliphatic carbocycles. The van der Waals surface area contributed by atoms with Crippen LogP contribution in [0.3, 0.4) is 0 Å². The zero-order chi connectivity index (χ0) is 24.9. The van der Waals surface area contributed by atoms with Gasteiger partial charge in [0.25, 0.3) is 0 Å². The van der Waals surface area contributed by atoms with E-state index < -0.39 is 0 Å². The molecule has 0 unspecified atom stereocenters. The second kappa shape index (κ2) is 10.5. The Kier molecular flexibility index (Phi) is 7.28. The minimum atomic E-state index is 0.181. The summed E-state index contributed by atoms with van der Waals surface area (Å²) in [6, 6.07) is 7.73. The number of aromatic nitrogens is 6. The number of rotatable bonds is 7. The Morgan fingerprint density at radius 2 is 1.83 bits per heavy atom. The largest absolute Gasteiger partial charge is 0.489 e. The van der Waals surface area contributed by atoms with Gasteiger partial charge in [-0.1, -0.05) is 13.8 Å². The molecule has 0 saturated heterocycles. The Morgan fingerprint density at radius 1 is 1.06 bits per heavy atom. The summed E-state index contributed by atoms with van der Waals surface area (Å²) in [5, 5.41) is 24.2.